The number of hydrogen-bond donors (Lipinski definition) is 1. The van der Waals surface area contributed by atoms with Crippen molar-refractivity contribution in [2.24, 2.45) is 0 Å². The molecule has 1 aromatic carbocycles. The van der Waals surface area contributed by atoms with Crippen LogP contribution in [0.15, 0.2) is 30.3 Å². The zero-order chi connectivity index (χ0) is 13.0. The number of nitrogens with zero attached hydrogens (tertiary/aromatic N) is 1. The van der Waals surface area contributed by atoms with Crippen LogP contribution in [0.4, 0.5) is 5.69 Å². The molecule has 1 aromatic rings. The van der Waals surface area contributed by atoms with Gasteiger partial charge in [0, 0.05) is 17.0 Å². The lowest BCUT2D eigenvalue weighted by Crippen LogP contribution is -2.46. The maximum Gasteiger partial charge on any atom is 0.323 e. The second kappa shape index (κ2) is 6.14. The van der Waals surface area contributed by atoms with E-state index in [1.807, 2.05) is 47.0 Å². The van der Waals surface area contributed by atoms with Crippen LogP contribution in [0.2, 0.25) is 0 Å². The number of benzene rings is 1. The summed E-state index contributed by atoms with van der Waals surface area (Å²) in [5.74, 6) is 0.425. The lowest BCUT2D eigenvalue weighted by atomic mass is 10.1. The molecule has 2 unspecified atom stereocenters. The van der Waals surface area contributed by atoms with Crippen LogP contribution in [-0.4, -0.2) is 34.7 Å². The topological polar surface area (TPSA) is 40.5 Å². The van der Waals surface area contributed by atoms with Gasteiger partial charge in [0.1, 0.15) is 6.54 Å². The third-order valence-corrected chi connectivity index (χ3v) is 4.72. The van der Waals surface area contributed by atoms with Crippen molar-refractivity contribution in [1.82, 2.24) is 0 Å². The van der Waals surface area contributed by atoms with Crippen molar-refractivity contribution in [3.63, 3.8) is 0 Å². The number of carboxylic acid groups (broad SMARTS) is 1. The van der Waals surface area contributed by atoms with Gasteiger partial charge in [-0.3, -0.25) is 4.79 Å². The summed E-state index contributed by atoms with van der Waals surface area (Å²) in [6.45, 7) is 2.28. The summed E-state index contributed by atoms with van der Waals surface area (Å²) >= 11 is 1.94. The Morgan fingerprint density at radius 1 is 1.44 bits per heavy atom. The van der Waals surface area contributed by atoms with E-state index >= 15 is 0 Å². The Kier molecular flexibility index (Phi) is 4.53. The number of hydrogen-bond acceptors (Lipinski definition) is 3. The lowest BCUT2D eigenvalue weighted by molar-refractivity contribution is -0.135. The van der Waals surface area contributed by atoms with Crippen LogP contribution in [0.1, 0.15) is 19.8 Å². The van der Waals surface area contributed by atoms with Crippen LogP contribution in [0, 0.1) is 0 Å². The van der Waals surface area contributed by atoms with Gasteiger partial charge in [-0.05, 0) is 30.7 Å². The van der Waals surface area contributed by atoms with Gasteiger partial charge in [-0.1, -0.05) is 25.1 Å². The smallest absolute Gasteiger partial charge is 0.323 e. The van der Waals surface area contributed by atoms with Crippen LogP contribution >= 0.6 is 11.8 Å². The first-order valence-electron chi connectivity index (χ1n) is 6.33. The van der Waals surface area contributed by atoms with Gasteiger partial charge in [0.2, 0.25) is 0 Å². The third-order valence-electron chi connectivity index (χ3n) is 3.36. The molecule has 1 heterocycles. The highest BCUT2D eigenvalue weighted by atomic mass is 32.2. The first kappa shape index (κ1) is 13.3. The van der Waals surface area contributed by atoms with E-state index in [0.717, 1.165) is 12.1 Å². The van der Waals surface area contributed by atoms with Crippen molar-refractivity contribution in [2.75, 3.05) is 17.2 Å². The summed E-state index contributed by atoms with van der Waals surface area (Å²) in [4.78, 5) is 13.1. The van der Waals surface area contributed by atoms with Crippen molar-refractivity contribution in [3.05, 3.63) is 30.3 Å². The van der Waals surface area contributed by atoms with Crippen LogP contribution in [0.5, 0.6) is 0 Å². The summed E-state index contributed by atoms with van der Waals surface area (Å²) in [6.07, 6.45) is 2.25. The number of rotatable bonds is 4. The molecule has 4 heteroatoms. The largest absolute Gasteiger partial charge is 0.480 e. The van der Waals surface area contributed by atoms with Crippen molar-refractivity contribution < 1.29 is 9.90 Å². The molecule has 0 spiro atoms. The minimum Gasteiger partial charge on any atom is -0.480 e. The van der Waals surface area contributed by atoms with Gasteiger partial charge in [0.05, 0.1) is 0 Å². The van der Waals surface area contributed by atoms with E-state index in [1.165, 1.54) is 12.2 Å². The molecule has 98 valence electrons. The minimum absolute atomic E-state index is 0.0829. The zero-order valence-corrected chi connectivity index (χ0v) is 11.4. The quantitative estimate of drug-likeness (QED) is 0.909. The Labute approximate surface area is 112 Å². The molecular formula is C14H19NO2S. The summed E-state index contributed by atoms with van der Waals surface area (Å²) in [7, 11) is 0. The van der Waals surface area contributed by atoms with E-state index in [-0.39, 0.29) is 6.54 Å². The molecule has 0 amide bonds. The van der Waals surface area contributed by atoms with Crippen molar-refractivity contribution >= 4 is 23.4 Å². The normalized spacial score (nSPS) is 23.6. The molecule has 1 fully saturated rings. The van der Waals surface area contributed by atoms with Gasteiger partial charge in [-0.25, -0.2) is 0 Å². The van der Waals surface area contributed by atoms with Gasteiger partial charge in [0.25, 0.3) is 0 Å². The highest BCUT2D eigenvalue weighted by Gasteiger charge is 2.29. The predicted molar refractivity (Wildman–Crippen MR) is 76.4 cm³/mol. The molecule has 0 aliphatic carbocycles. The minimum atomic E-state index is -0.762. The van der Waals surface area contributed by atoms with Crippen LogP contribution in [0.3, 0.4) is 0 Å². The van der Waals surface area contributed by atoms with Gasteiger partial charge in [-0.15, -0.1) is 0 Å². The van der Waals surface area contributed by atoms with Gasteiger partial charge in [0.15, 0.2) is 0 Å². The molecule has 0 bridgehead atoms. The monoisotopic (exact) mass is 265 g/mol. The van der Waals surface area contributed by atoms with Crippen molar-refractivity contribution in [3.8, 4) is 0 Å². The molecule has 1 aliphatic rings. The number of anilines is 1. The molecule has 1 saturated heterocycles. The van der Waals surface area contributed by atoms with Gasteiger partial charge < -0.3 is 10.0 Å². The molecule has 2 atom stereocenters. The molecule has 1 aliphatic heterocycles. The van der Waals surface area contributed by atoms with Crippen molar-refractivity contribution in [2.45, 2.75) is 31.1 Å². The molecule has 1 N–H and O–H groups in total. The average molecular weight is 265 g/mol. The average Bonchev–Trinajstić information content (AvgIpc) is 2.38. The first-order chi connectivity index (χ1) is 8.68. The summed E-state index contributed by atoms with van der Waals surface area (Å²) < 4.78 is 0. The number of carbonyl (C=O) groups is 1. The van der Waals surface area contributed by atoms with E-state index in [2.05, 4.69) is 6.92 Å². The second-order valence-corrected chi connectivity index (χ2v) is 6.13. The SMILES string of the molecule is CC1SCCCC1N(CC(=O)O)c1ccccc1. The Morgan fingerprint density at radius 3 is 2.78 bits per heavy atom. The van der Waals surface area contributed by atoms with E-state index < -0.39 is 5.97 Å². The Morgan fingerprint density at radius 2 is 2.17 bits per heavy atom. The number of carboxylic acids is 1. The second-order valence-electron chi connectivity index (χ2n) is 4.64. The Hall–Kier alpha value is -1.16. The number of para-hydroxylation sites is 1. The van der Waals surface area contributed by atoms with E-state index in [1.54, 1.807) is 0 Å². The van der Waals surface area contributed by atoms with E-state index in [0.29, 0.717) is 11.3 Å². The maximum atomic E-state index is 11.1. The Balaban J connectivity index is 2.21. The molecular weight excluding hydrogens is 246 g/mol. The van der Waals surface area contributed by atoms with Crippen LogP contribution in [0.25, 0.3) is 0 Å². The van der Waals surface area contributed by atoms with E-state index in [4.69, 9.17) is 5.11 Å². The van der Waals surface area contributed by atoms with Crippen LogP contribution in [-0.2, 0) is 4.79 Å². The molecule has 0 aromatic heterocycles. The number of thioether (sulfide) groups is 1. The molecule has 2 rings (SSSR count). The zero-order valence-electron chi connectivity index (χ0n) is 10.6. The summed E-state index contributed by atoms with van der Waals surface area (Å²) in [6, 6.07) is 10.2. The third kappa shape index (κ3) is 3.19. The van der Waals surface area contributed by atoms with Gasteiger partial charge >= 0.3 is 5.97 Å². The molecule has 0 radical (unpaired) electrons. The standard InChI is InChI=1S/C14H19NO2S/c1-11-13(8-5-9-18-11)15(10-14(16)17)12-6-3-2-4-7-12/h2-4,6-7,11,13H,5,8-10H2,1H3,(H,16,17). The fraction of sp³-hybridized carbons (Fsp3) is 0.500. The predicted octanol–water partition coefficient (Wildman–Crippen LogP) is 2.86. The van der Waals surface area contributed by atoms with Crippen LogP contribution < -0.4 is 4.90 Å². The lowest BCUT2D eigenvalue weighted by Gasteiger charge is -2.38. The van der Waals surface area contributed by atoms with E-state index in [9.17, 15) is 4.79 Å². The summed E-state index contributed by atoms with van der Waals surface area (Å²) in [5, 5.41) is 9.60. The molecule has 0 saturated carbocycles. The fourth-order valence-corrected chi connectivity index (χ4v) is 3.69. The highest BCUT2D eigenvalue weighted by Crippen LogP contribution is 2.31. The molecule has 3 nitrogen and oxygen atoms in total. The molecule has 18 heavy (non-hydrogen) atoms. The summed E-state index contributed by atoms with van der Waals surface area (Å²) in [5.41, 5.74) is 1.01. The Bertz CT molecular complexity index is 396. The number of aliphatic carboxylic acids is 1. The highest BCUT2D eigenvalue weighted by molar-refractivity contribution is 8.00. The first-order valence-corrected chi connectivity index (χ1v) is 7.38. The maximum absolute atomic E-state index is 11.1. The fourth-order valence-electron chi connectivity index (χ4n) is 2.48. The van der Waals surface area contributed by atoms with Crippen molar-refractivity contribution in [1.29, 1.82) is 0 Å². The van der Waals surface area contributed by atoms with Gasteiger partial charge in [-0.2, -0.15) is 11.8 Å².